The summed E-state index contributed by atoms with van der Waals surface area (Å²) in [6.45, 7) is 6.77. The van der Waals surface area contributed by atoms with Crippen molar-refractivity contribution in [2.75, 3.05) is 67.1 Å². The van der Waals surface area contributed by atoms with Crippen LogP contribution < -0.4 is 25.3 Å². The zero-order chi connectivity index (χ0) is 40.6. The third-order valence-corrected chi connectivity index (χ3v) is 13.3. The highest BCUT2D eigenvalue weighted by atomic mass is 35.5. The standard InChI is InChI=1S/C45H47ClN10O3/c46-36-5-7-40(43-42(36)32(26-48)27-49-43)54-20-10-33(11-21-54)50-44(58)30-4-6-37(31(24-30)25-47)53-18-8-29(9-19-53)28-52-16-12-34(13-17-52)55-22-14-35-38(55)2-1-3-39(35)56-23-15-41(57)51-45(56)59/h1-7,14,22,24,27,29,33-34,49H,8-13,15-21,23,28H2,(H,50,58)(H,51,57,59). The van der Waals surface area contributed by atoms with Crippen molar-refractivity contribution in [3.8, 4) is 12.1 Å². The van der Waals surface area contributed by atoms with Gasteiger partial charge in [0.2, 0.25) is 5.91 Å². The van der Waals surface area contributed by atoms with Crippen molar-refractivity contribution < 1.29 is 14.4 Å². The van der Waals surface area contributed by atoms with Crippen LogP contribution in [-0.4, -0.2) is 90.7 Å². The fourth-order valence-electron chi connectivity index (χ4n) is 9.74. The highest BCUT2D eigenvalue weighted by molar-refractivity contribution is 6.36. The number of nitriles is 2. The number of piperidine rings is 3. The van der Waals surface area contributed by atoms with Gasteiger partial charge in [-0.1, -0.05) is 17.7 Å². The molecule has 4 amide bonds. The molecule has 14 heteroatoms. The first-order valence-corrected chi connectivity index (χ1v) is 21.1. The van der Waals surface area contributed by atoms with Gasteiger partial charge in [-0.3, -0.25) is 19.8 Å². The van der Waals surface area contributed by atoms with Crippen LogP contribution in [0.25, 0.3) is 21.8 Å². The summed E-state index contributed by atoms with van der Waals surface area (Å²) in [6, 6.07) is 22.1. The van der Waals surface area contributed by atoms with Gasteiger partial charge in [0.1, 0.15) is 12.1 Å². The molecule has 0 spiro atoms. The van der Waals surface area contributed by atoms with Crippen molar-refractivity contribution in [2.45, 2.75) is 57.0 Å². The van der Waals surface area contributed by atoms with Gasteiger partial charge in [-0.15, -0.1) is 0 Å². The van der Waals surface area contributed by atoms with Gasteiger partial charge in [0.25, 0.3) is 5.91 Å². The quantitative estimate of drug-likeness (QED) is 0.153. The van der Waals surface area contributed by atoms with Crippen molar-refractivity contribution >= 4 is 68.3 Å². The lowest BCUT2D eigenvalue weighted by Crippen LogP contribution is -2.49. The van der Waals surface area contributed by atoms with E-state index in [1.54, 1.807) is 17.2 Å². The molecule has 5 aromatic rings. The first-order valence-electron chi connectivity index (χ1n) is 20.8. The summed E-state index contributed by atoms with van der Waals surface area (Å²) in [5.74, 6) is 0.198. The average Bonchev–Trinajstić information content (AvgIpc) is 3.91. The zero-order valence-electron chi connectivity index (χ0n) is 32.9. The Bertz CT molecular complexity index is 2510. The van der Waals surface area contributed by atoms with Crippen LogP contribution in [0.3, 0.4) is 0 Å². The van der Waals surface area contributed by atoms with Crippen molar-refractivity contribution in [2.24, 2.45) is 5.92 Å². The van der Waals surface area contributed by atoms with Crippen LogP contribution in [0.1, 0.15) is 72.5 Å². The van der Waals surface area contributed by atoms with Gasteiger partial charge in [0.15, 0.2) is 0 Å². The molecular weight excluding hydrogens is 764 g/mol. The SMILES string of the molecule is N#Cc1cc(C(=O)NC2CCN(c3ccc(Cl)c4c(C#N)c[nH]c34)CC2)ccc1N1CCC(CN2CCC(n3ccc4c(N5CCC(=O)NC5=O)cccc43)CC2)CC1. The Balaban J connectivity index is 0.749. The lowest BCUT2D eigenvalue weighted by Gasteiger charge is -2.39. The molecule has 2 aromatic heterocycles. The van der Waals surface area contributed by atoms with Crippen LogP contribution in [0.2, 0.25) is 5.02 Å². The van der Waals surface area contributed by atoms with E-state index in [1.165, 1.54) is 0 Å². The summed E-state index contributed by atoms with van der Waals surface area (Å²) in [5, 5.41) is 27.6. The average molecular weight is 811 g/mol. The molecule has 4 fully saturated rings. The van der Waals surface area contributed by atoms with Crippen molar-refractivity contribution in [3.05, 3.63) is 88.7 Å². The number of fused-ring (bicyclic) bond motifs is 2. The number of rotatable bonds is 8. The van der Waals surface area contributed by atoms with E-state index in [2.05, 4.69) is 65.4 Å². The molecule has 3 N–H and O–H groups in total. The van der Waals surface area contributed by atoms with E-state index in [-0.39, 0.29) is 23.9 Å². The Kier molecular flexibility index (Phi) is 10.6. The van der Waals surface area contributed by atoms with Gasteiger partial charge < -0.3 is 29.6 Å². The minimum Gasteiger partial charge on any atom is -0.370 e. The van der Waals surface area contributed by atoms with E-state index >= 15 is 0 Å². The highest BCUT2D eigenvalue weighted by Crippen LogP contribution is 2.37. The van der Waals surface area contributed by atoms with Crippen LogP contribution in [0.15, 0.2) is 67.0 Å². The van der Waals surface area contributed by atoms with Crippen molar-refractivity contribution in [1.29, 1.82) is 10.5 Å². The number of carbonyl (C=O) groups excluding carboxylic acids is 3. The number of carbonyl (C=O) groups is 3. The molecule has 302 valence electrons. The second kappa shape index (κ2) is 16.3. The van der Waals surface area contributed by atoms with Gasteiger partial charge in [-0.2, -0.15) is 10.5 Å². The third kappa shape index (κ3) is 7.57. The number of aromatic nitrogens is 2. The zero-order valence-corrected chi connectivity index (χ0v) is 33.7. The maximum Gasteiger partial charge on any atom is 0.328 e. The number of amides is 4. The van der Waals surface area contributed by atoms with Gasteiger partial charge in [0, 0.05) is 99.6 Å². The number of hydrogen-bond acceptors (Lipinski definition) is 8. The van der Waals surface area contributed by atoms with Crippen LogP contribution >= 0.6 is 11.6 Å². The molecule has 13 nitrogen and oxygen atoms in total. The number of anilines is 3. The van der Waals surface area contributed by atoms with E-state index in [4.69, 9.17) is 11.6 Å². The number of nitrogens with one attached hydrogen (secondary N) is 3. The van der Waals surface area contributed by atoms with E-state index in [0.717, 1.165) is 123 Å². The molecule has 4 saturated heterocycles. The van der Waals surface area contributed by atoms with Gasteiger partial charge in [-0.25, -0.2) is 4.79 Å². The maximum absolute atomic E-state index is 13.4. The lowest BCUT2D eigenvalue weighted by molar-refractivity contribution is -0.120. The Morgan fingerprint density at radius 2 is 1.54 bits per heavy atom. The van der Waals surface area contributed by atoms with E-state index in [9.17, 15) is 24.9 Å². The lowest BCUT2D eigenvalue weighted by atomic mass is 9.93. The summed E-state index contributed by atoms with van der Waals surface area (Å²) >= 11 is 6.42. The molecule has 0 aliphatic carbocycles. The van der Waals surface area contributed by atoms with Gasteiger partial charge in [-0.05, 0) is 93.0 Å². The first-order chi connectivity index (χ1) is 28.8. The normalized spacial score (nSPS) is 18.9. The maximum atomic E-state index is 13.4. The predicted octanol–water partition coefficient (Wildman–Crippen LogP) is 6.92. The predicted molar refractivity (Wildman–Crippen MR) is 229 cm³/mol. The molecular formula is C45H47ClN10O3. The molecule has 0 atom stereocenters. The second-order valence-electron chi connectivity index (χ2n) is 16.4. The largest absolute Gasteiger partial charge is 0.370 e. The molecule has 4 aliphatic heterocycles. The summed E-state index contributed by atoms with van der Waals surface area (Å²) in [7, 11) is 0. The third-order valence-electron chi connectivity index (χ3n) is 12.9. The number of benzene rings is 3. The monoisotopic (exact) mass is 810 g/mol. The minimum atomic E-state index is -0.360. The van der Waals surface area contributed by atoms with E-state index in [1.807, 2.05) is 36.4 Å². The number of halogens is 1. The number of urea groups is 1. The summed E-state index contributed by atoms with van der Waals surface area (Å²) in [5.41, 5.74) is 6.27. The van der Waals surface area contributed by atoms with E-state index < -0.39 is 0 Å². The molecule has 0 unspecified atom stereocenters. The minimum absolute atomic E-state index is 0.0158. The second-order valence-corrected chi connectivity index (χ2v) is 16.8. The Morgan fingerprint density at radius 3 is 2.29 bits per heavy atom. The number of imide groups is 1. The molecule has 6 heterocycles. The molecule has 0 saturated carbocycles. The van der Waals surface area contributed by atoms with Gasteiger partial charge >= 0.3 is 6.03 Å². The molecule has 3 aromatic carbocycles. The molecule has 4 aliphatic rings. The topological polar surface area (TPSA) is 157 Å². The smallest absolute Gasteiger partial charge is 0.328 e. The number of H-pyrrole nitrogens is 1. The van der Waals surface area contributed by atoms with E-state index in [0.29, 0.717) is 46.6 Å². The number of likely N-dealkylation sites (tertiary alicyclic amines) is 1. The summed E-state index contributed by atoms with van der Waals surface area (Å²) in [6.07, 6.45) is 9.91. The fraction of sp³-hybridized carbons (Fsp3) is 0.400. The number of hydrogen-bond donors (Lipinski definition) is 3. The van der Waals surface area contributed by atoms with Crippen LogP contribution in [0.4, 0.5) is 21.9 Å². The summed E-state index contributed by atoms with van der Waals surface area (Å²) in [4.78, 5) is 49.8. The number of nitrogens with zero attached hydrogens (tertiary/aromatic N) is 7. The van der Waals surface area contributed by atoms with Crippen LogP contribution in [-0.2, 0) is 4.79 Å². The molecule has 59 heavy (non-hydrogen) atoms. The molecule has 0 radical (unpaired) electrons. The van der Waals surface area contributed by atoms with Crippen LogP contribution in [0, 0.1) is 28.6 Å². The van der Waals surface area contributed by atoms with Crippen molar-refractivity contribution in [1.82, 2.24) is 25.1 Å². The van der Waals surface area contributed by atoms with Gasteiger partial charge in [0.05, 0.1) is 44.2 Å². The fourth-order valence-corrected chi connectivity index (χ4v) is 10.0. The Hall–Kier alpha value is -6.02. The Labute approximate surface area is 348 Å². The summed E-state index contributed by atoms with van der Waals surface area (Å²) < 4.78 is 2.37. The van der Waals surface area contributed by atoms with Crippen LogP contribution in [0.5, 0.6) is 0 Å². The number of aromatic amines is 1. The highest BCUT2D eigenvalue weighted by Gasteiger charge is 2.30. The first kappa shape index (κ1) is 38.5. The molecule has 9 rings (SSSR count). The Morgan fingerprint density at radius 1 is 0.814 bits per heavy atom. The van der Waals surface area contributed by atoms with Crippen molar-refractivity contribution in [3.63, 3.8) is 0 Å². The molecule has 0 bridgehead atoms.